The summed E-state index contributed by atoms with van der Waals surface area (Å²) in [6.07, 6.45) is 2.69. The largest absolute Gasteiger partial charge is 0.481 e. The molecule has 0 saturated carbocycles. The smallest absolute Gasteiger partial charge is 0.305 e. The average molecular weight is 279 g/mol. The van der Waals surface area contributed by atoms with Gasteiger partial charge in [-0.2, -0.15) is 5.10 Å². The Bertz CT molecular complexity index is 522. The zero-order chi connectivity index (χ0) is 14.7. The molecule has 1 aliphatic heterocycles. The molecule has 0 bridgehead atoms. The van der Waals surface area contributed by atoms with Gasteiger partial charge in [-0.05, 0) is 6.42 Å². The number of fused-ring (bicyclic) bond motifs is 1. The fourth-order valence-corrected chi connectivity index (χ4v) is 2.65. The first-order chi connectivity index (χ1) is 9.52. The van der Waals surface area contributed by atoms with Gasteiger partial charge >= 0.3 is 5.97 Å². The Morgan fingerprint density at radius 1 is 1.40 bits per heavy atom. The minimum atomic E-state index is -0.813. The van der Waals surface area contributed by atoms with Crippen LogP contribution >= 0.6 is 0 Å². The molecule has 6 heteroatoms. The summed E-state index contributed by atoms with van der Waals surface area (Å²) < 4.78 is 1.83. The predicted molar refractivity (Wildman–Crippen MR) is 73.3 cm³/mol. The summed E-state index contributed by atoms with van der Waals surface area (Å²) in [6, 6.07) is 0. The fourth-order valence-electron chi connectivity index (χ4n) is 2.65. The minimum Gasteiger partial charge on any atom is -0.481 e. The molecule has 20 heavy (non-hydrogen) atoms. The summed E-state index contributed by atoms with van der Waals surface area (Å²) in [6.45, 7) is 5.37. The molecule has 0 saturated heterocycles. The molecule has 1 amide bonds. The van der Waals surface area contributed by atoms with Crippen LogP contribution < -0.4 is 0 Å². The Morgan fingerprint density at radius 2 is 2.15 bits per heavy atom. The van der Waals surface area contributed by atoms with Gasteiger partial charge in [0.15, 0.2) is 0 Å². The van der Waals surface area contributed by atoms with Gasteiger partial charge in [-0.15, -0.1) is 0 Å². The van der Waals surface area contributed by atoms with Crippen LogP contribution in [-0.4, -0.2) is 38.2 Å². The maximum atomic E-state index is 11.5. The van der Waals surface area contributed by atoms with Crippen molar-refractivity contribution in [3.63, 3.8) is 0 Å². The molecular weight excluding hydrogens is 258 g/mol. The van der Waals surface area contributed by atoms with Crippen molar-refractivity contribution in [1.82, 2.24) is 14.7 Å². The number of hydrogen-bond donors (Lipinski definition) is 1. The van der Waals surface area contributed by atoms with E-state index in [2.05, 4.69) is 12.0 Å². The number of amides is 1. The van der Waals surface area contributed by atoms with Crippen LogP contribution in [0.5, 0.6) is 0 Å². The average Bonchev–Trinajstić information content (AvgIpc) is 2.74. The molecule has 6 nitrogen and oxygen atoms in total. The highest BCUT2D eigenvalue weighted by Gasteiger charge is 2.25. The molecule has 0 spiro atoms. The van der Waals surface area contributed by atoms with Crippen molar-refractivity contribution in [3.05, 3.63) is 17.0 Å². The van der Waals surface area contributed by atoms with E-state index in [0.717, 1.165) is 36.2 Å². The van der Waals surface area contributed by atoms with Gasteiger partial charge in [0.05, 0.1) is 18.7 Å². The maximum absolute atomic E-state index is 11.5. The highest BCUT2D eigenvalue weighted by molar-refractivity contribution is 5.73. The van der Waals surface area contributed by atoms with Crippen LogP contribution in [0.15, 0.2) is 0 Å². The molecule has 0 aromatic carbocycles. The maximum Gasteiger partial charge on any atom is 0.305 e. The molecule has 0 radical (unpaired) electrons. The van der Waals surface area contributed by atoms with E-state index >= 15 is 0 Å². The van der Waals surface area contributed by atoms with Crippen molar-refractivity contribution in [2.75, 3.05) is 6.54 Å². The minimum absolute atomic E-state index is 0.0795. The zero-order valence-corrected chi connectivity index (χ0v) is 12.1. The van der Waals surface area contributed by atoms with Crippen LogP contribution in [0, 0.1) is 0 Å². The van der Waals surface area contributed by atoms with E-state index in [4.69, 9.17) is 5.11 Å². The number of nitrogens with zero attached hydrogens (tertiary/aromatic N) is 3. The number of aliphatic carboxylic acids is 1. The standard InChI is InChI=1S/C14H21N3O3/c1-3-4-12-11-9-16(10(2)18)7-5-13(11)17(15-12)8-6-14(19)20/h3-9H2,1-2H3,(H,19,20). The van der Waals surface area contributed by atoms with E-state index in [0.29, 0.717) is 19.6 Å². The molecule has 0 aliphatic carbocycles. The molecule has 0 fully saturated rings. The van der Waals surface area contributed by atoms with Crippen LogP contribution in [0.1, 0.15) is 43.6 Å². The molecule has 1 aromatic heterocycles. The summed E-state index contributed by atoms with van der Waals surface area (Å²) in [5.41, 5.74) is 3.24. The van der Waals surface area contributed by atoms with E-state index in [1.54, 1.807) is 6.92 Å². The van der Waals surface area contributed by atoms with Crippen LogP contribution in [0.25, 0.3) is 0 Å². The number of hydrogen-bond acceptors (Lipinski definition) is 3. The topological polar surface area (TPSA) is 75.4 Å². The molecule has 1 N–H and O–H groups in total. The summed E-state index contributed by atoms with van der Waals surface area (Å²) in [5.74, 6) is -0.733. The fraction of sp³-hybridized carbons (Fsp3) is 0.643. The van der Waals surface area contributed by atoms with Crippen molar-refractivity contribution in [1.29, 1.82) is 0 Å². The van der Waals surface area contributed by atoms with E-state index in [1.165, 1.54) is 0 Å². The Morgan fingerprint density at radius 3 is 2.75 bits per heavy atom. The first-order valence-corrected chi connectivity index (χ1v) is 7.07. The Hall–Kier alpha value is -1.85. The first kappa shape index (κ1) is 14.6. The second-order valence-electron chi connectivity index (χ2n) is 5.18. The number of rotatable bonds is 5. The van der Waals surface area contributed by atoms with Crippen molar-refractivity contribution in [3.8, 4) is 0 Å². The predicted octanol–water partition coefficient (Wildman–Crippen LogP) is 1.21. The van der Waals surface area contributed by atoms with Gasteiger partial charge in [0.25, 0.3) is 0 Å². The second-order valence-corrected chi connectivity index (χ2v) is 5.18. The van der Waals surface area contributed by atoms with Gasteiger partial charge in [-0.1, -0.05) is 13.3 Å². The lowest BCUT2D eigenvalue weighted by Gasteiger charge is -2.26. The van der Waals surface area contributed by atoms with E-state index in [9.17, 15) is 9.59 Å². The number of carboxylic acids is 1. The lowest BCUT2D eigenvalue weighted by molar-refractivity contribution is -0.137. The summed E-state index contributed by atoms with van der Waals surface area (Å²) >= 11 is 0. The molecule has 0 atom stereocenters. The molecule has 2 rings (SSSR count). The third-order valence-electron chi connectivity index (χ3n) is 3.69. The van der Waals surface area contributed by atoms with Gasteiger partial charge < -0.3 is 10.0 Å². The van der Waals surface area contributed by atoms with E-state index in [1.807, 2.05) is 9.58 Å². The third kappa shape index (κ3) is 3.00. The van der Waals surface area contributed by atoms with Crippen LogP contribution in [0.2, 0.25) is 0 Å². The molecular formula is C14H21N3O3. The third-order valence-corrected chi connectivity index (χ3v) is 3.69. The highest BCUT2D eigenvalue weighted by Crippen LogP contribution is 2.24. The second kappa shape index (κ2) is 6.07. The van der Waals surface area contributed by atoms with Gasteiger partial charge in [0.1, 0.15) is 0 Å². The van der Waals surface area contributed by atoms with Gasteiger partial charge in [-0.25, -0.2) is 0 Å². The first-order valence-electron chi connectivity index (χ1n) is 7.07. The van der Waals surface area contributed by atoms with E-state index in [-0.39, 0.29) is 12.3 Å². The van der Waals surface area contributed by atoms with Gasteiger partial charge in [0, 0.05) is 37.7 Å². The van der Waals surface area contributed by atoms with Crippen molar-refractivity contribution < 1.29 is 14.7 Å². The summed E-state index contributed by atoms with van der Waals surface area (Å²) in [7, 11) is 0. The Labute approximate surface area is 118 Å². The number of carbonyl (C=O) groups excluding carboxylic acids is 1. The van der Waals surface area contributed by atoms with Crippen molar-refractivity contribution in [2.45, 2.75) is 52.6 Å². The van der Waals surface area contributed by atoms with Crippen molar-refractivity contribution >= 4 is 11.9 Å². The number of carbonyl (C=O) groups is 2. The lowest BCUT2D eigenvalue weighted by atomic mass is 10.0. The molecule has 110 valence electrons. The number of carboxylic acid groups (broad SMARTS) is 1. The zero-order valence-electron chi connectivity index (χ0n) is 12.1. The SMILES string of the molecule is CCCc1nn(CCC(=O)O)c2c1CN(C(C)=O)CC2. The van der Waals surface area contributed by atoms with Gasteiger partial charge in [-0.3, -0.25) is 14.3 Å². The van der Waals surface area contributed by atoms with Crippen molar-refractivity contribution in [2.24, 2.45) is 0 Å². The Kier molecular flexibility index (Phi) is 4.42. The summed E-state index contributed by atoms with van der Waals surface area (Å²) in [4.78, 5) is 24.1. The van der Waals surface area contributed by atoms with Crippen LogP contribution in [0.3, 0.4) is 0 Å². The normalized spacial score (nSPS) is 14.2. The van der Waals surface area contributed by atoms with Gasteiger partial charge in [0.2, 0.25) is 5.91 Å². The summed E-state index contributed by atoms with van der Waals surface area (Å²) in [5, 5.41) is 13.4. The van der Waals surface area contributed by atoms with Crippen LogP contribution in [0.4, 0.5) is 0 Å². The molecule has 1 aliphatic rings. The molecule has 1 aromatic rings. The number of aryl methyl sites for hydroxylation is 2. The number of aromatic nitrogens is 2. The Balaban J connectivity index is 2.26. The van der Waals surface area contributed by atoms with Crippen LogP contribution in [-0.2, 0) is 35.5 Å². The lowest BCUT2D eigenvalue weighted by Crippen LogP contribution is -2.35. The quantitative estimate of drug-likeness (QED) is 0.879. The highest BCUT2D eigenvalue weighted by atomic mass is 16.4. The molecule has 0 unspecified atom stereocenters. The molecule has 2 heterocycles. The van der Waals surface area contributed by atoms with E-state index < -0.39 is 5.97 Å². The monoisotopic (exact) mass is 279 g/mol.